The molecule has 24 heavy (non-hydrogen) atoms. The van der Waals surface area contributed by atoms with Crippen LogP contribution in [0.3, 0.4) is 0 Å². The second-order valence-electron chi connectivity index (χ2n) is 6.55. The van der Waals surface area contributed by atoms with Gasteiger partial charge >= 0.3 is 5.97 Å². The van der Waals surface area contributed by atoms with Crippen LogP contribution in [0, 0.1) is 0 Å². The van der Waals surface area contributed by atoms with E-state index in [0.29, 0.717) is 5.69 Å². The topological polar surface area (TPSA) is 113 Å². The number of benzene rings is 1. The molecular weight excluding hydrogens is 314 g/mol. The first-order chi connectivity index (χ1) is 11.0. The highest BCUT2D eigenvalue weighted by molar-refractivity contribution is 6.22. The van der Waals surface area contributed by atoms with E-state index in [1.807, 2.05) is 0 Å². The number of hydrogen-bond acceptors (Lipinski definition) is 7. The van der Waals surface area contributed by atoms with Gasteiger partial charge in [0, 0.05) is 0 Å². The van der Waals surface area contributed by atoms with Crippen molar-refractivity contribution in [2.45, 2.75) is 38.8 Å². The molecule has 0 aromatic heterocycles. The summed E-state index contributed by atoms with van der Waals surface area (Å²) in [6.07, 6.45) is 0. The van der Waals surface area contributed by atoms with Crippen LogP contribution >= 0.6 is 0 Å². The second kappa shape index (κ2) is 5.97. The Bertz CT molecular complexity index is 653. The molecule has 0 radical (unpaired) electrons. The largest absolute Gasteiger partial charge is 0.426 e. The Balaban J connectivity index is 2.38. The van der Waals surface area contributed by atoms with Gasteiger partial charge in [-0.25, -0.2) is 4.90 Å². The van der Waals surface area contributed by atoms with E-state index in [9.17, 15) is 19.6 Å². The number of imide groups is 1. The number of nitrogens with two attached hydrogens (primary N) is 1. The van der Waals surface area contributed by atoms with Gasteiger partial charge in [0.05, 0.1) is 12.2 Å². The number of carbonyl (C=O) groups is 3. The van der Waals surface area contributed by atoms with Gasteiger partial charge in [-0.1, -0.05) is 0 Å². The average molecular weight is 335 g/mol. The van der Waals surface area contributed by atoms with Crippen molar-refractivity contribution < 1.29 is 24.3 Å². The Hall–Kier alpha value is -2.29. The molecule has 0 spiro atoms. The van der Waals surface area contributed by atoms with E-state index in [1.54, 1.807) is 0 Å². The van der Waals surface area contributed by atoms with Crippen molar-refractivity contribution in [2.75, 3.05) is 11.4 Å². The zero-order valence-corrected chi connectivity index (χ0v) is 14.1. The first-order valence-electron chi connectivity index (χ1n) is 7.42. The molecule has 0 bridgehead atoms. The minimum atomic E-state index is -1.28. The summed E-state index contributed by atoms with van der Waals surface area (Å²) in [4.78, 5) is 37.5. The van der Waals surface area contributed by atoms with Crippen molar-refractivity contribution in [3.8, 4) is 5.75 Å². The van der Waals surface area contributed by atoms with Crippen LogP contribution in [0.4, 0.5) is 5.69 Å². The van der Waals surface area contributed by atoms with E-state index in [-0.39, 0.29) is 12.3 Å². The standard InChI is InChI=1S/C16H21N3O5/c1-15(2)13(21)18(14(22)16(3,4)19(15)23)10-5-7-11(8-6-10)24-12(20)9-17/h5-8,23H,9,17H2,1-4H3. The summed E-state index contributed by atoms with van der Waals surface area (Å²) in [6, 6.07) is 5.92. The van der Waals surface area contributed by atoms with Crippen molar-refractivity contribution >= 4 is 23.5 Å². The fourth-order valence-electron chi connectivity index (χ4n) is 2.59. The lowest BCUT2D eigenvalue weighted by Crippen LogP contribution is -2.73. The van der Waals surface area contributed by atoms with Crippen molar-refractivity contribution in [3.05, 3.63) is 24.3 Å². The number of nitrogens with zero attached hydrogens (tertiary/aromatic N) is 2. The van der Waals surface area contributed by atoms with E-state index in [1.165, 1.54) is 52.0 Å². The molecule has 2 amide bonds. The lowest BCUT2D eigenvalue weighted by molar-refractivity contribution is -0.226. The van der Waals surface area contributed by atoms with E-state index in [2.05, 4.69) is 0 Å². The molecule has 1 heterocycles. The van der Waals surface area contributed by atoms with Crippen LogP contribution in [0.2, 0.25) is 0 Å². The summed E-state index contributed by atoms with van der Waals surface area (Å²) in [5.74, 6) is -1.44. The summed E-state index contributed by atoms with van der Waals surface area (Å²) in [5, 5.41) is 11.0. The molecule has 8 heteroatoms. The van der Waals surface area contributed by atoms with Gasteiger partial charge in [0.15, 0.2) is 0 Å². The molecular formula is C16H21N3O5. The first kappa shape index (κ1) is 18.1. The number of ether oxygens (including phenoxy) is 1. The molecule has 0 unspecified atom stereocenters. The van der Waals surface area contributed by atoms with Crippen LogP contribution in [-0.2, 0) is 14.4 Å². The number of hydroxylamine groups is 2. The zero-order valence-electron chi connectivity index (χ0n) is 14.1. The number of amides is 2. The number of hydrogen-bond donors (Lipinski definition) is 2. The SMILES string of the molecule is CC1(C)C(=O)N(c2ccc(OC(=O)CN)cc2)C(=O)C(C)(C)N1O. The van der Waals surface area contributed by atoms with E-state index < -0.39 is 28.9 Å². The van der Waals surface area contributed by atoms with Crippen molar-refractivity contribution in [2.24, 2.45) is 5.73 Å². The summed E-state index contributed by atoms with van der Waals surface area (Å²) in [6.45, 7) is 5.89. The maximum absolute atomic E-state index is 12.7. The number of rotatable bonds is 3. The number of carbonyl (C=O) groups excluding carboxylic acids is 3. The Morgan fingerprint density at radius 3 is 1.96 bits per heavy atom. The van der Waals surface area contributed by atoms with Crippen LogP contribution < -0.4 is 15.4 Å². The van der Waals surface area contributed by atoms with Gasteiger partial charge in [0.1, 0.15) is 16.8 Å². The lowest BCUT2D eigenvalue weighted by Gasteiger charge is -2.49. The van der Waals surface area contributed by atoms with E-state index >= 15 is 0 Å². The third-order valence-corrected chi connectivity index (χ3v) is 4.01. The lowest BCUT2D eigenvalue weighted by atomic mass is 9.88. The fourth-order valence-corrected chi connectivity index (χ4v) is 2.59. The van der Waals surface area contributed by atoms with Gasteiger partial charge in [-0.05, 0) is 52.0 Å². The molecule has 1 aromatic rings. The first-order valence-corrected chi connectivity index (χ1v) is 7.42. The Labute approximate surface area is 139 Å². The van der Waals surface area contributed by atoms with Crippen LogP contribution in [0.5, 0.6) is 5.75 Å². The van der Waals surface area contributed by atoms with Crippen LogP contribution in [0.1, 0.15) is 27.7 Å². The molecule has 2 rings (SSSR count). The molecule has 1 fully saturated rings. The monoisotopic (exact) mass is 335 g/mol. The predicted octanol–water partition coefficient (Wildman–Crippen LogP) is 0.672. The Morgan fingerprint density at radius 2 is 1.54 bits per heavy atom. The van der Waals surface area contributed by atoms with Gasteiger partial charge in [0.2, 0.25) is 0 Å². The van der Waals surface area contributed by atoms with E-state index in [0.717, 1.165) is 9.96 Å². The molecule has 8 nitrogen and oxygen atoms in total. The summed E-state index contributed by atoms with van der Waals surface area (Å²) in [7, 11) is 0. The summed E-state index contributed by atoms with van der Waals surface area (Å²) >= 11 is 0. The minimum Gasteiger partial charge on any atom is -0.426 e. The normalized spacial score (nSPS) is 20.2. The Kier molecular flexibility index (Phi) is 4.49. The maximum atomic E-state index is 12.7. The zero-order chi connectivity index (χ0) is 18.3. The fraction of sp³-hybridized carbons (Fsp3) is 0.438. The smallest absolute Gasteiger partial charge is 0.325 e. The maximum Gasteiger partial charge on any atom is 0.325 e. The number of anilines is 1. The summed E-state index contributed by atoms with van der Waals surface area (Å²) < 4.78 is 4.96. The van der Waals surface area contributed by atoms with Gasteiger partial charge in [0.25, 0.3) is 11.8 Å². The molecule has 130 valence electrons. The van der Waals surface area contributed by atoms with Crippen molar-refractivity contribution in [1.82, 2.24) is 5.06 Å². The molecule has 1 aliphatic heterocycles. The molecule has 0 saturated carbocycles. The van der Waals surface area contributed by atoms with Gasteiger partial charge < -0.3 is 15.7 Å². The number of piperazine rings is 1. The van der Waals surface area contributed by atoms with Crippen LogP contribution in [0.25, 0.3) is 0 Å². The van der Waals surface area contributed by atoms with Gasteiger partial charge in [-0.2, -0.15) is 5.06 Å². The molecule has 3 N–H and O–H groups in total. The highest BCUT2D eigenvalue weighted by atomic mass is 16.5. The summed E-state index contributed by atoms with van der Waals surface area (Å²) in [5.41, 5.74) is 2.95. The van der Waals surface area contributed by atoms with Gasteiger partial charge in [-0.15, -0.1) is 0 Å². The molecule has 1 saturated heterocycles. The number of esters is 1. The molecule has 1 aromatic carbocycles. The molecule has 0 atom stereocenters. The third-order valence-electron chi connectivity index (χ3n) is 4.01. The van der Waals surface area contributed by atoms with Crippen molar-refractivity contribution in [3.63, 3.8) is 0 Å². The molecule has 0 aliphatic carbocycles. The highest BCUT2D eigenvalue weighted by Crippen LogP contribution is 2.35. The predicted molar refractivity (Wildman–Crippen MR) is 85.4 cm³/mol. The Morgan fingerprint density at radius 1 is 1.08 bits per heavy atom. The van der Waals surface area contributed by atoms with E-state index in [4.69, 9.17) is 10.5 Å². The van der Waals surface area contributed by atoms with Crippen molar-refractivity contribution in [1.29, 1.82) is 0 Å². The second-order valence-corrected chi connectivity index (χ2v) is 6.55. The van der Waals surface area contributed by atoms with Crippen LogP contribution in [0.15, 0.2) is 24.3 Å². The molecule has 1 aliphatic rings. The third kappa shape index (κ3) is 2.79. The minimum absolute atomic E-state index is 0.250. The average Bonchev–Trinajstić information content (AvgIpc) is 2.54. The quantitative estimate of drug-likeness (QED) is 0.474. The van der Waals surface area contributed by atoms with Crippen LogP contribution in [-0.4, -0.2) is 45.7 Å². The van der Waals surface area contributed by atoms with Gasteiger partial charge in [-0.3, -0.25) is 14.4 Å². The highest BCUT2D eigenvalue weighted by Gasteiger charge is 2.56.